The number of hydrogen-bond acceptors (Lipinski definition) is 2. The van der Waals surface area contributed by atoms with E-state index in [1.165, 1.54) is 23.8 Å². The highest BCUT2D eigenvalue weighted by Gasteiger charge is 2.37. The van der Waals surface area contributed by atoms with Crippen molar-refractivity contribution in [2.45, 2.75) is 18.8 Å². The number of rotatable bonds is 3. The quantitative estimate of drug-likeness (QED) is 0.796. The molecule has 20 heavy (non-hydrogen) atoms. The van der Waals surface area contributed by atoms with Crippen LogP contribution in [0.15, 0.2) is 54.6 Å². The van der Waals surface area contributed by atoms with Crippen LogP contribution in [0.1, 0.15) is 22.6 Å². The van der Waals surface area contributed by atoms with Gasteiger partial charge in [0.1, 0.15) is 0 Å². The SMILES string of the molecule is COC(=O)C1Cc2ccccc2C1Cc1ccccc1. The molecule has 0 saturated carbocycles. The maximum absolute atomic E-state index is 12.1. The second kappa shape index (κ2) is 5.49. The van der Waals surface area contributed by atoms with Crippen LogP contribution >= 0.6 is 0 Å². The number of carbonyl (C=O) groups is 1. The van der Waals surface area contributed by atoms with Crippen molar-refractivity contribution in [3.05, 3.63) is 71.3 Å². The van der Waals surface area contributed by atoms with E-state index in [0.717, 1.165) is 12.8 Å². The number of esters is 1. The number of carbonyl (C=O) groups excluding carboxylic acids is 1. The molecule has 2 unspecified atom stereocenters. The van der Waals surface area contributed by atoms with Crippen LogP contribution in [0.25, 0.3) is 0 Å². The summed E-state index contributed by atoms with van der Waals surface area (Å²) < 4.78 is 4.99. The van der Waals surface area contributed by atoms with Gasteiger partial charge in [0.15, 0.2) is 0 Å². The Kier molecular flexibility index (Phi) is 3.55. The summed E-state index contributed by atoms with van der Waals surface area (Å²) in [6.45, 7) is 0. The van der Waals surface area contributed by atoms with Gasteiger partial charge in [-0.25, -0.2) is 0 Å². The molecule has 2 atom stereocenters. The molecular formula is C18H18O2. The molecular weight excluding hydrogens is 248 g/mol. The molecule has 0 fully saturated rings. The second-order valence-electron chi connectivity index (χ2n) is 5.33. The summed E-state index contributed by atoms with van der Waals surface area (Å²) in [5.41, 5.74) is 3.85. The maximum atomic E-state index is 12.1. The highest BCUT2D eigenvalue weighted by molar-refractivity contribution is 5.75. The summed E-state index contributed by atoms with van der Waals surface area (Å²) in [5.74, 6) is 0.0702. The van der Waals surface area contributed by atoms with Gasteiger partial charge in [-0.05, 0) is 29.5 Å². The molecule has 0 spiro atoms. The summed E-state index contributed by atoms with van der Waals surface area (Å²) in [4.78, 5) is 12.1. The molecule has 2 aromatic rings. The highest BCUT2D eigenvalue weighted by Crippen LogP contribution is 2.40. The van der Waals surface area contributed by atoms with Gasteiger partial charge in [-0.15, -0.1) is 0 Å². The fourth-order valence-electron chi connectivity index (χ4n) is 3.20. The van der Waals surface area contributed by atoms with E-state index < -0.39 is 0 Å². The van der Waals surface area contributed by atoms with Crippen molar-refractivity contribution >= 4 is 5.97 Å². The van der Waals surface area contributed by atoms with Gasteiger partial charge in [-0.2, -0.15) is 0 Å². The van der Waals surface area contributed by atoms with Gasteiger partial charge in [0.2, 0.25) is 0 Å². The van der Waals surface area contributed by atoms with Crippen LogP contribution in [0.2, 0.25) is 0 Å². The summed E-state index contributed by atoms with van der Waals surface area (Å²) in [5, 5.41) is 0. The van der Waals surface area contributed by atoms with Crippen molar-refractivity contribution in [2.75, 3.05) is 7.11 Å². The first-order valence-corrected chi connectivity index (χ1v) is 6.99. The van der Waals surface area contributed by atoms with Crippen LogP contribution in [0.4, 0.5) is 0 Å². The minimum atomic E-state index is -0.0952. The third-order valence-corrected chi connectivity index (χ3v) is 4.18. The van der Waals surface area contributed by atoms with Crippen molar-refractivity contribution < 1.29 is 9.53 Å². The van der Waals surface area contributed by atoms with Crippen LogP contribution in [0.3, 0.4) is 0 Å². The fourth-order valence-corrected chi connectivity index (χ4v) is 3.20. The normalized spacial score (nSPS) is 20.4. The van der Waals surface area contributed by atoms with Crippen LogP contribution in [-0.2, 0) is 22.4 Å². The van der Waals surface area contributed by atoms with E-state index in [1.54, 1.807) is 0 Å². The van der Waals surface area contributed by atoms with Crippen molar-refractivity contribution in [1.29, 1.82) is 0 Å². The molecule has 2 heteroatoms. The standard InChI is InChI=1S/C18H18O2/c1-20-18(19)17-12-14-9-5-6-10-15(14)16(17)11-13-7-3-2-4-8-13/h2-10,16-17H,11-12H2,1H3. The number of fused-ring (bicyclic) bond motifs is 1. The molecule has 0 radical (unpaired) electrons. The zero-order chi connectivity index (χ0) is 13.9. The zero-order valence-corrected chi connectivity index (χ0v) is 11.6. The van der Waals surface area contributed by atoms with Crippen LogP contribution in [0, 0.1) is 5.92 Å². The topological polar surface area (TPSA) is 26.3 Å². The van der Waals surface area contributed by atoms with E-state index in [1.807, 2.05) is 24.3 Å². The fraction of sp³-hybridized carbons (Fsp3) is 0.278. The van der Waals surface area contributed by atoms with Crippen molar-refractivity contribution in [1.82, 2.24) is 0 Å². The van der Waals surface area contributed by atoms with Crippen LogP contribution < -0.4 is 0 Å². The van der Waals surface area contributed by atoms with Gasteiger partial charge in [-0.3, -0.25) is 4.79 Å². The van der Waals surface area contributed by atoms with E-state index in [0.29, 0.717) is 0 Å². The Balaban J connectivity index is 1.93. The Morgan fingerprint density at radius 1 is 1.10 bits per heavy atom. The van der Waals surface area contributed by atoms with E-state index in [4.69, 9.17) is 4.74 Å². The van der Waals surface area contributed by atoms with Crippen molar-refractivity contribution in [3.63, 3.8) is 0 Å². The molecule has 0 aromatic heterocycles. The number of ether oxygens (including phenoxy) is 1. The van der Waals surface area contributed by atoms with Crippen molar-refractivity contribution in [3.8, 4) is 0 Å². The summed E-state index contributed by atoms with van der Waals surface area (Å²) in [7, 11) is 1.48. The van der Waals surface area contributed by atoms with Crippen LogP contribution in [0.5, 0.6) is 0 Å². The Morgan fingerprint density at radius 2 is 1.80 bits per heavy atom. The Hall–Kier alpha value is -2.09. The second-order valence-corrected chi connectivity index (χ2v) is 5.33. The molecule has 102 valence electrons. The first kappa shape index (κ1) is 12.9. The van der Waals surface area contributed by atoms with Gasteiger partial charge in [-0.1, -0.05) is 54.6 Å². The maximum Gasteiger partial charge on any atom is 0.309 e. The summed E-state index contributed by atoms with van der Waals surface area (Å²) in [6, 6.07) is 18.7. The Bertz CT molecular complexity index is 604. The highest BCUT2D eigenvalue weighted by atomic mass is 16.5. The molecule has 1 aliphatic carbocycles. The van der Waals surface area contributed by atoms with Gasteiger partial charge < -0.3 is 4.74 Å². The number of methoxy groups -OCH3 is 1. The Labute approximate surface area is 119 Å². The summed E-state index contributed by atoms with van der Waals surface area (Å²) >= 11 is 0. The molecule has 3 rings (SSSR count). The molecule has 0 heterocycles. The van der Waals surface area contributed by atoms with Gasteiger partial charge in [0.25, 0.3) is 0 Å². The first-order chi connectivity index (χ1) is 9.79. The average Bonchev–Trinajstić information content (AvgIpc) is 2.86. The predicted molar refractivity (Wildman–Crippen MR) is 78.5 cm³/mol. The lowest BCUT2D eigenvalue weighted by atomic mass is 9.87. The van der Waals surface area contributed by atoms with Gasteiger partial charge >= 0.3 is 5.97 Å². The molecule has 0 aliphatic heterocycles. The smallest absolute Gasteiger partial charge is 0.309 e. The minimum absolute atomic E-state index is 0.0578. The van der Waals surface area contributed by atoms with Gasteiger partial charge in [0.05, 0.1) is 13.0 Å². The van der Waals surface area contributed by atoms with E-state index in [-0.39, 0.29) is 17.8 Å². The molecule has 1 aliphatic rings. The van der Waals surface area contributed by atoms with Gasteiger partial charge in [0, 0.05) is 5.92 Å². The lowest BCUT2D eigenvalue weighted by Gasteiger charge is -2.18. The lowest BCUT2D eigenvalue weighted by molar-refractivity contribution is -0.145. The van der Waals surface area contributed by atoms with E-state index >= 15 is 0 Å². The molecule has 0 bridgehead atoms. The number of hydrogen-bond donors (Lipinski definition) is 0. The first-order valence-electron chi connectivity index (χ1n) is 6.99. The zero-order valence-electron chi connectivity index (χ0n) is 11.6. The third-order valence-electron chi connectivity index (χ3n) is 4.18. The van der Waals surface area contributed by atoms with E-state index in [9.17, 15) is 4.79 Å². The third kappa shape index (κ3) is 2.34. The summed E-state index contributed by atoms with van der Waals surface area (Å²) in [6.07, 6.45) is 1.68. The predicted octanol–water partition coefficient (Wildman–Crippen LogP) is 3.36. The molecule has 2 aromatic carbocycles. The van der Waals surface area contributed by atoms with E-state index in [2.05, 4.69) is 30.3 Å². The average molecular weight is 266 g/mol. The minimum Gasteiger partial charge on any atom is -0.469 e. The number of benzene rings is 2. The lowest BCUT2D eigenvalue weighted by Crippen LogP contribution is -2.22. The Morgan fingerprint density at radius 3 is 2.55 bits per heavy atom. The molecule has 2 nitrogen and oxygen atoms in total. The monoisotopic (exact) mass is 266 g/mol. The molecule has 0 N–H and O–H groups in total. The molecule has 0 saturated heterocycles. The molecule has 0 amide bonds. The largest absolute Gasteiger partial charge is 0.469 e. The van der Waals surface area contributed by atoms with Crippen LogP contribution in [-0.4, -0.2) is 13.1 Å². The van der Waals surface area contributed by atoms with Crippen molar-refractivity contribution in [2.24, 2.45) is 5.92 Å².